The molecular weight excluding hydrogens is 360 g/mol. The number of carbonyl (C=O) groups excluding carboxylic acids is 1. The lowest BCUT2D eigenvalue weighted by Crippen LogP contribution is -2.47. The highest BCUT2D eigenvalue weighted by Crippen LogP contribution is 2.31. The fraction of sp³-hybridized carbons (Fsp3) is 0.562. The van der Waals surface area contributed by atoms with E-state index in [-0.39, 0.29) is 5.91 Å². The first-order chi connectivity index (χ1) is 12.2. The SMILES string of the molecule is O=C(CCn1c(-c2cccs2)n[nH]c1=S)N1CCC2(CC1)OCCO2. The van der Waals surface area contributed by atoms with Crippen molar-refractivity contribution in [2.24, 2.45) is 0 Å². The van der Waals surface area contributed by atoms with Gasteiger partial charge in [-0.3, -0.25) is 14.5 Å². The monoisotopic (exact) mass is 380 g/mol. The Hall–Kier alpha value is -1.55. The van der Waals surface area contributed by atoms with Crippen molar-refractivity contribution in [3.05, 3.63) is 22.3 Å². The highest BCUT2D eigenvalue weighted by Gasteiger charge is 2.40. The number of aromatic amines is 1. The number of nitrogens with one attached hydrogen (secondary N) is 1. The average molecular weight is 380 g/mol. The Balaban J connectivity index is 1.37. The van der Waals surface area contributed by atoms with Crippen LogP contribution in [0.2, 0.25) is 0 Å². The van der Waals surface area contributed by atoms with Crippen molar-refractivity contribution in [3.8, 4) is 10.7 Å². The van der Waals surface area contributed by atoms with Gasteiger partial charge in [0.25, 0.3) is 0 Å². The molecule has 2 fully saturated rings. The van der Waals surface area contributed by atoms with Crippen molar-refractivity contribution in [3.63, 3.8) is 0 Å². The van der Waals surface area contributed by atoms with Crippen LogP contribution in [0.25, 0.3) is 10.7 Å². The van der Waals surface area contributed by atoms with Gasteiger partial charge < -0.3 is 14.4 Å². The molecule has 4 rings (SSSR count). The second-order valence-corrected chi connectivity index (χ2v) is 7.55. The molecule has 2 aromatic rings. The molecule has 2 saturated heterocycles. The fourth-order valence-corrected chi connectivity index (χ4v) is 4.31. The van der Waals surface area contributed by atoms with Gasteiger partial charge in [0.15, 0.2) is 16.4 Å². The van der Waals surface area contributed by atoms with Gasteiger partial charge in [-0.05, 0) is 23.7 Å². The van der Waals surface area contributed by atoms with E-state index in [0.29, 0.717) is 44.0 Å². The Morgan fingerprint density at radius 1 is 1.36 bits per heavy atom. The molecular formula is C16H20N4O3S2. The van der Waals surface area contributed by atoms with Crippen LogP contribution in [0.1, 0.15) is 19.3 Å². The molecule has 9 heteroatoms. The summed E-state index contributed by atoms with van der Waals surface area (Å²) in [5.74, 6) is 0.474. The lowest BCUT2D eigenvalue weighted by molar-refractivity contribution is -0.187. The summed E-state index contributed by atoms with van der Waals surface area (Å²) in [7, 11) is 0. The normalized spacial score (nSPS) is 19.6. The van der Waals surface area contributed by atoms with E-state index in [9.17, 15) is 4.79 Å². The third-order valence-electron chi connectivity index (χ3n) is 4.74. The first kappa shape index (κ1) is 16.9. The number of thiophene rings is 1. The van der Waals surface area contributed by atoms with Gasteiger partial charge in [0.1, 0.15) is 0 Å². The number of hydrogen-bond acceptors (Lipinski definition) is 6. The lowest BCUT2D eigenvalue weighted by Gasteiger charge is -2.37. The molecule has 1 N–H and O–H groups in total. The minimum atomic E-state index is -0.448. The number of H-pyrrole nitrogens is 1. The molecule has 0 aromatic carbocycles. The molecule has 2 aliphatic rings. The lowest BCUT2D eigenvalue weighted by atomic mass is 10.0. The van der Waals surface area contributed by atoms with E-state index >= 15 is 0 Å². The Kier molecular flexibility index (Phi) is 4.72. The van der Waals surface area contributed by atoms with E-state index in [0.717, 1.165) is 23.5 Å². The summed E-state index contributed by atoms with van der Waals surface area (Å²) >= 11 is 6.92. The minimum Gasteiger partial charge on any atom is -0.347 e. The number of piperidine rings is 1. The van der Waals surface area contributed by atoms with Crippen LogP contribution in [-0.2, 0) is 20.8 Å². The maximum atomic E-state index is 12.6. The van der Waals surface area contributed by atoms with Gasteiger partial charge in [0.05, 0.1) is 18.1 Å². The number of amides is 1. The Labute approximate surface area is 154 Å². The predicted octanol–water partition coefficient (Wildman–Crippen LogP) is 2.42. The zero-order chi connectivity index (χ0) is 17.3. The summed E-state index contributed by atoms with van der Waals surface area (Å²) in [5.41, 5.74) is 0. The quantitative estimate of drug-likeness (QED) is 0.825. The van der Waals surface area contributed by atoms with Gasteiger partial charge in [0, 0.05) is 38.9 Å². The summed E-state index contributed by atoms with van der Waals surface area (Å²) in [6.45, 7) is 3.17. The van der Waals surface area contributed by atoms with Gasteiger partial charge in [-0.2, -0.15) is 5.10 Å². The van der Waals surface area contributed by atoms with E-state index in [1.807, 2.05) is 27.0 Å². The van der Waals surface area contributed by atoms with E-state index in [1.165, 1.54) is 0 Å². The van der Waals surface area contributed by atoms with Gasteiger partial charge in [0.2, 0.25) is 5.91 Å². The average Bonchev–Trinajstić information content (AvgIpc) is 3.35. The van der Waals surface area contributed by atoms with Gasteiger partial charge in [-0.1, -0.05) is 6.07 Å². The molecule has 0 bridgehead atoms. The first-order valence-electron chi connectivity index (χ1n) is 8.42. The van der Waals surface area contributed by atoms with E-state index in [1.54, 1.807) is 11.3 Å². The van der Waals surface area contributed by atoms with Crippen LogP contribution in [0, 0.1) is 4.77 Å². The van der Waals surface area contributed by atoms with Crippen LogP contribution in [0.5, 0.6) is 0 Å². The van der Waals surface area contributed by atoms with Crippen molar-refractivity contribution in [2.75, 3.05) is 26.3 Å². The minimum absolute atomic E-state index is 0.132. The maximum absolute atomic E-state index is 12.6. The topological polar surface area (TPSA) is 72.4 Å². The molecule has 0 saturated carbocycles. The summed E-state index contributed by atoms with van der Waals surface area (Å²) in [5, 5.41) is 9.12. The van der Waals surface area contributed by atoms with Crippen LogP contribution in [0.3, 0.4) is 0 Å². The molecule has 0 aliphatic carbocycles. The third kappa shape index (κ3) is 3.41. The maximum Gasteiger partial charge on any atom is 0.224 e. The van der Waals surface area contributed by atoms with Crippen molar-refractivity contribution in [2.45, 2.75) is 31.6 Å². The number of carbonyl (C=O) groups is 1. The highest BCUT2D eigenvalue weighted by molar-refractivity contribution is 7.71. The smallest absolute Gasteiger partial charge is 0.224 e. The van der Waals surface area contributed by atoms with Crippen LogP contribution in [-0.4, -0.2) is 57.7 Å². The summed E-state index contributed by atoms with van der Waals surface area (Å²) in [6, 6.07) is 3.98. The Bertz CT molecular complexity index is 783. The van der Waals surface area contributed by atoms with E-state index in [2.05, 4.69) is 10.2 Å². The molecule has 134 valence electrons. The number of aromatic nitrogens is 3. The van der Waals surface area contributed by atoms with Crippen molar-refractivity contribution < 1.29 is 14.3 Å². The number of ether oxygens (including phenoxy) is 2. The van der Waals surface area contributed by atoms with E-state index < -0.39 is 5.79 Å². The number of nitrogens with zero attached hydrogens (tertiary/aromatic N) is 3. The zero-order valence-electron chi connectivity index (χ0n) is 13.8. The van der Waals surface area contributed by atoms with Gasteiger partial charge in [-0.25, -0.2) is 0 Å². The van der Waals surface area contributed by atoms with Crippen LogP contribution < -0.4 is 0 Å². The molecule has 1 spiro atoms. The molecule has 2 aromatic heterocycles. The predicted molar refractivity (Wildman–Crippen MR) is 95.8 cm³/mol. The van der Waals surface area contributed by atoms with Crippen LogP contribution >= 0.6 is 23.6 Å². The number of hydrogen-bond donors (Lipinski definition) is 1. The summed E-state index contributed by atoms with van der Waals surface area (Å²) < 4.78 is 13.9. The summed E-state index contributed by atoms with van der Waals surface area (Å²) in [6.07, 6.45) is 1.88. The molecule has 2 aliphatic heterocycles. The number of likely N-dealkylation sites (tertiary alicyclic amines) is 1. The zero-order valence-corrected chi connectivity index (χ0v) is 15.4. The molecule has 7 nitrogen and oxygen atoms in total. The standard InChI is InChI=1S/C16H20N4O3S2/c21-13(19-7-4-16(5-8-19)22-9-10-23-16)3-6-20-14(17-18-15(20)24)12-2-1-11-25-12/h1-2,11H,3-10H2,(H,18,24). The Morgan fingerprint density at radius 3 is 2.80 bits per heavy atom. The molecule has 4 heterocycles. The molecule has 1 amide bonds. The second-order valence-electron chi connectivity index (χ2n) is 6.22. The third-order valence-corrected chi connectivity index (χ3v) is 5.92. The molecule has 25 heavy (non-hydrogen) atoms. The van der Waals surface area contributed by atoms with Crippen molar-refractivity contribution in [1.82, 2.24) is 19.7 Å². The molecule has 0 atom stereocenters. The van der Waals surface area contributed by atoms with Gasteiger partial charge >= 0.3 is 0 Å². The molecule has 0 radical (unpaired) electrons. The molecule has 0 unspecified atom stereocenters. The number of rotatable bonds is 4. The highest BCUT2D eigenvalue weighted by atomic mass is 32.1. The second kappa shape index (κ2) is 6.99. The van der Waals surface area contributed by atoms with Crippen molar-refractivity contribution in [1.29, 1.82) is 0 Å². The Morgan fingerprint density at radius 2 is 2.12 bits per heavy atom. The first-order valence-corrected chi connectivity index (χ1v) is 9.70. The van der Waals surface area contributed by atoms with Crippen molar-refractivity contribution >= 4 is 29.5 Å². The fourth-order valence-electron chi connectivity index (χ4n) is 3.37. The largest absolute Gasteiger partial charge is 0.347 e. The van der Waals surface area contributed by atoms with Gasteiger partial charge in [-0.15, -0.1) is 11.3 Å². The van der Waals surface area contributed by atoms with E-state index in [4.69, 9.17) is 21.7 Å². The van der Waals surface area contributed by atoms with Crippen LogP contribution in [0.15, 0.2) is 17.5 Å². The summed E-state index contributed by atoms with van der Waals surface area (Å²) in [4.78, 5) is 15.5. The van der Waals surface area contributed by atoms with Crippen LogP contribution in [0.4, 0.5) is 0 Å².